The number of rotatable bonds is 4. The first-order valence-corrected chi connectivity index (χ1v) is 9.29. The molecular weight excluding hydrogens is 310 g/mol. The summed E-state index contributed by atoms with van der Waals surface area (Å²) < 4.78 is 0. The summed E-state index contributed by atoms with van der Waals surface area (Å²) in [6, 6.07) is 3.57. The second-order valence-corrected chi connectivity index (χ2v) is 7.42. The van der Waals surface area contributed by atoms with Crippen LogP contribution in [0, 0.1) is 11.8 Å². The van der Waals surface area contributed by atoms with E-state index in [2.05, 4.69) is 4.98 Å². The van der Waals surface area contributed by atoms with Crippen molar-refractivity contribution < 1.29 is 9.59 Å². The zero-order valence-corrected chi connectivity index (χ0v) is 14.1. The molecule has 124 valence electrons. The summed E-state index contributed by atoms with van der Waals surface area (Å²) in [6.07, 6.45) is 7.94. The lowest BCUT2D eigenvalue weighted by atomic mass is 9.75. The summed E-state index contributed by atoms with van der Waals surface area (Å²) in [6.45, 7) is 1.69. The number of carbonyl (C=O) groups is 2. The van der Waals surface area contributed by atoms with Crippen molar-refractivity contribution in [2.24, 2.45) is 17.6 Å². The first kappa shape index (κ1) is 16.3. The Hall–Kier alpha value is -1.56. The molecule has 23 heavy (non-hydrogen) atoms. The first-order chi connectivity index (χ1) is 11.1. The fourth-order valence-electron chi connectivity index (χ4n) is 3.76. The average Bonchev–Trinajstić information content (AvgIpc) is 2.59. The largest absolute Gasteiger partial charge is 0.369 e. The van der Waals surface area contributed by atoms with Crippen LogP contribution >= 0.6 is 11.8 Å². The predicted molar refractivity (Wildman–Crippen MR) is 90.1 cm³/mol. The van der Waals surface area contributed by atoms with Crippen LogP contribution in [0.25, 0.3) is 0 Å². The molecule has 2 fully saturated rings. The molecule has 2 N–H and O–H groups in total. The van der Waals surface area contributed by atoms with Gasteiger partial charge in [0.25, 0.3) is 5.91 Å². The summed E-state index contributed by atoms with van der Waals surface area (Å²) in [5.74, 6) is 1.23. The van der Waals surface area contributed by atoms with E-state index in [0.29, 0.717) is 16.5 Å². The Labute approximate surface area is 141 Å². The minimum atomic E-state index is -0.401. The quantitative estimate of drug-likeness (QED) is 0.858. The maximum Gasteiger partial charge on any atom is 0.256 e. The van der Waals surface area contributed by atoms with Crippen LogP contribution in [0.4, 0.5) is 0 Å². The standard InChI is InChI=1S/C17H23N3O2S/c18-15(21)11-23-16-14(6-3-8-19-16)17(22)20-9-7-12-4-1-2-5-13(12)10-20/h3,6,8,12-13H,1-2,4-5,7,9-11H2,(H2,18,21)/t12-,13-/m1/s1. The molecule has 5 nitrogen and oxygen atoms in total. The summed E-state index contributed by atoms with van der Waals surface area (Å²) in [4.78, 5) is 30.1. The molecule has 1 aromatic rings. The van der Waals surface area contributed by atoms with Crippen LogP contribution in [-0.4, -0.2) is 40.5 Å². The Morgan fingerprint density at radius 1 is 1.26 bits per heavy atom. The Bertz CT molecular complexity index is 593. The Morgan fingerprint density at radius 2 is 2.04 bits per heavy atom. The molecule has 0 radical (unpaired) electrons. The fraction of sp³-hybridized carbons (Fsp3) is 0.588. The predicted octanol–water partition coefficient (Wildman–Crippen LogP) is 2.31. The highest BCUT2D eigenvalue weighted by Crippen LogP contribution is 2.36. The zero-order chi connectivity index (χ0) is 16.2. The molecule has 1 saturated carbocycles. The van der Waals surface area contributed by atoms with Gasteiger partial charge in [0.1, 0.15) is 5.03 Å². The highest BCUT2D eigenvalue weighted by molar-refractivity contribution is 8.00. The van der Waals surface area contributed by atoms with Crippen LogP contribution in [-0.2, 0) is 4.79 Å². The number of thioether (sulfide) groups is 1. The molecule has 1 aliphatic heterocycles. The lowest BCUT2D eigenvalue weighted by Gasteiger charge is -2.41. The van der Waals surface area contributed by atoms with Crippen LogP contribution < -0.4 is 5.73 Å². The Kier molecular flexibility index (Phi) is 5.20. The Balaban J connectivity index is 1.71. The summed E-state index contributed by atoms with van der Waals surface area (Å²) in [5.41, 5.74) is 5.79. The van der Waals surface area contributed by atoms with Gasteiger partial charge >= 0.3 is 0 Å². The van der Waals surface area contributed by atoms with Crippen molar-refractivity contribution in [3.63, 3.8) is 0 Å². The molecule has 1 aliphatic carbocycles. The van der Waals surface area contributed by atoms with Crippen LogP contribution in [0.3, 0.4) is 0 Å². The lowest BCUT2D eigenvalue weighted by Crippen LogP contribution is -2.44. The fourth-order valence-corrected chi connectivity index (χ4v) is 4.49. The van der Waals surface area contributed by atoms with E-state index in [4.69, 9.17) is 5.73 Å². The second-order valence-electron chi connectivity index (χ2n) is 6.46. The number of aromatic nitrogens is 1. The molecule has 0 unspecified atom stereocenters. The summed E-state index contributed by atoms with van der Waals surface area (Å²) >= 11 is 1.24. The van der Waals surface area contributed by atoms with Gasteiger partial charge in [-0.15, -0.1) is 0 Å². The SMILES string of the molecule is NC(=O)CSc1ncccc1C(=O)N1CC[C@H]2CCCC[C@@H]2C1. The van der Waals surface area contributed by atoms with E-state index in [1.165, 1.54) is 37.4 Å². The third kappa shape index (κ3) is 3.86. The zero-order valence-electron chi connectivity index (χ0n) is 13.2. The van der Waals surface area contributed by atoms with E-state index >= 15 is 0 Å². The van der Waals surface area contributed by atoms with Gasteiger partial charge in [0.05, 0.1) is 11.3 Å². The molecule has 0 spiro atoms. The third-order valence-corrected chi connectivity index (χ3v) is 5.96. The van der Waals surface area contributed by atoms with E-state index in [-0.39, 0.29) is 11.7 Å². The van der Waals surface area contributed by atoms with E-state index in [9.17, 15) is 9.59 Å². The number of piperidine rings is 1. The summed E-state index contributed by atoms with van der Waals surface area (Å²) in [7, 11) is 0. The van der Waals surface area contributed by atoms with Crippen molar-refractivity contribution >= 4 is 23.6 Å². The Morgan fingerprint density at radius 3 is 2.83 bits per heavy atom. The topological polar surface area (TPSA) is 76.3 Å². The van der Waals surface area contributed by atoms with Crippen molar-refractivity contribution in [1.82, 2.24) is 9.88 Å². The van der Waals surface area contributed by atoms with Gasteiger partial charge < -0.3 is 10.6 Å². The monoisotopic (exact) mass is 333 g/mol. The van der Waals surface area contributed by atoms with Gasteiger partial charge in [0.15, 0.2) is 0 Å². The molecule has 2 amide bonds. The minimum absolute atomic E-state index is 0.0362. The molecule has 1 saturated heterocycles. The number of likely N-dealkylation sites (tertiary alicyclic amines) is 1. The maximum absolute atomic E-state index is 12.9. The molecule has 3 rings (SSSR count). The number of primary amides is 1. The molecule has 2 aliphatic rings. The van der Waals surface area contributed by atoms with Crippen LogP contribution in [0.15, 0.2) is 23.4 Å². The molecule has 2 atom stereocenters. The molecule has 1 aromatic heterocycles. The number of hydrogen-bond donors (Lipinski definition) is 1. The van der Waals surface area contributed by atoms with Crippen molar-refractivity contribution in [2.45, 2.75) is 37.1 Å². The highest BCUT2D eigenvalue weighted by atomic mass is 32.2. The van der Waals surface area contributed by atoms with Crippen LogP contribution in [0.2, 0.25) is 0 Å². The molecular formula is C17H23N3O2S. The molecule has 2 heterocycles. The number of carbonyl (C=O) groups excluding carboxylic acids is 2. The van der Waals surface area contributed by atoms with Crippen molar-refractivity contribution in [3.05, 3.63) is 23.9 Å². The van der Waals surface area contributed by atoms with Gasteiger partial charge in [-0.05, 0) is 36.8 Å². The van der Waals surface area contributed by atoms with Gasteiger partial charge in [0, 0.05) is 19.3 Å². The lowest BCUT2D eigenvalue weighted by molar-refractivity contribution is -0.115. The van der Waals surface area contributed by atoms with Crippen LogP contribution in [0.5, 0.6) is 0 Å². The minimum Gasteiger partial charge on any atom is -0.369 e. The van der Waals surface area contributed by atoms with Gasteiger partial charge in [-0.3, -0.25) is 9.59 Å². The van der Waals surface area contributed by atoms with Gasteiger partial charge in [-0.1, -0.05) is 31.0 Å². The number of fused-ring (bicyclic) bond motifs is 1. The van der Waals surface area contributed by atoms with E-state index in [0.717, 1.165) is 25.4 Å². The van der Waals surface area contributed by atoms with E-state index in [1.54, 1.807) is 18.3 Å². The van der Waals surface area contributed by atoms with Crippen LogP contribution in [0.1, 0.15) is 42.5 Å². The first-order valence-electron chi connectivity index (χ1n) is 8.30. The average molecular weight is 333 g/mol. The highest BCUT2D eigenvalue weighted by Gasteiger charge is 2.33. The number of pyridine rings is 1. The van der Waals surface area contributed by atoms with Crippen molar-refractivity contribution in [2.75, 3.05) is 18.8 Å². The number of amides is 2. The number of hydrogen-bond acceptors (Lipinski definition) is 4. The maximum atomic E-state index is 12.9. The smallest absolute Gasteiger partial charge is 0.256 e. The third-order valence-electron chi connectivity index (χ3n) is 4.93. The summed E-state index contributed by atoms with van der Waals surface area (Å²) in [5, 5.41) is 0.599. The molecule has 0 bridgehead atoms. The second kappa shape index (κ2) is 7.34. The van der Waals surface area contributed by atoms with Gasteiger partial charge in [-0.2, -0.15) is 0 Å². The van der Waals surface area contributed by atoms with E-state index in [1.807, 2.05) is 4.90 Å². The number of nitrogens with zero attached hydrogens (tertiary/aromatic N) is 2. The van der Waals surface area contributed by atoms with Crippen molar-refractivity contribution in [1.29, 1.82) is 0 Å². The van der Waals surface area contributed by atoms with Crippen molar-refractivity contribution in [3.8, 4) is 0 Å². The van der Waals surface area contributed by atoms with E-state index < -0.39 is 5.91 Å². The molecule has 0 aromatic carbocycles. The van der Waals surface area contributed by atoms with Gasteiger partial charge in [0.2, 0.25) is 5.91 Å². The number of nitrogens with two attached hydrogens (primary N) is 1. The molecule has 6 heteroatoms. The normalized spacial score (nSPS) is 24.1. The van der Waals surface area contributed by atoms with Gasteiger partial charge in [-0.25, -0.2) is 4.98 Å².